The molecule has 0 radical (unpaired) electrons. The molecule has 144 valence electrons. The van der Waals surface area contributed by atoms with E-state index in [1.807, 2.05) is 38.1 Å². The number of nitrogens with one attached hydrogen (secondary N) is 1. The van der Waals surface area contributed by atoms with Crippen LogP contribution in [0, 0.1) is 25.7 Å². The van der Waals surface area contributed by atoms with Crippen molar-refractivity contribution in [3.8, 4) is 0 Å². The van der Waals surface area contributed by atoms with Gasteiger partial charge in [0.15, 0.2) is 0 Å². The number of piperidine rings is 1. The second kappa shape index (κ2) is 8.74. The molecular formula is C21H28N4OS. The average Bonchev–Trinajstić information content (AvgIpc) is 2.63. The number of aromatic nitrogens is 2. The van der Waals surface area contributed by atoms with Crippen LogP contribution in [0.4, 0.5) is 11.5 Å². The van der Waals surface area contributed by atoms with E-state index in [2.05, 4.69) is 34.0 Å². The Morgan fingerprint density at radius 1 is 1.19 bits per heavy atom. The Bertz CT molecular complexity index is 780. The second-order valence-corrected chi connectivity index (χ2v) is 8.66. The molecule has 6 heteroatoms. The highest BCUT2D eigenvalue weighted by Crippen LogP contribution is 2.27. The van der Waals surface area contributed by atoms with Gasteiger partial charge in [0, 0.05) is 24.8 Å². The number of aryl methyl sites for hydroxylation is 2. The summed E-state index contributed by atoms with van der Waals surface area (Å²) in [7, 11) is 0. The van der Waals surface area contributed by atoms with Crippen molar-refractivity contribution in [3.05, 3.63) is 41.7 Å². The van der Waals surface area contributed by atoms with Gasteiger partial charge in [-0.15, -0.1) is 0 Å². The van der Waals surface area contributed by atoms with Crippen molar-refractivity contribution in [1.29, 1.82) is 0 Å². The maximum absolute atomic E-state index is 12.4. The average molecular weight is 385 g/mol. The van der Waals surface area contributed by atoms with E-state index in [0.717, 1.165) is 40.7 Å². The quantitative estimate of drug-likeness (QED) is 0.615. The van der Waals surface area contributed by atoms with Gasteiger partial charge in [-0.25, -0.2) is 9.97 Å². The van der Waals surface area contributed by atoms with Crippen molar-refractivity contribution in [2.24, 2.45) is 11.8 Å². The Kier molecular flexibility index (Phi) is 6.37. The molecule has 1 amide bonds. The summed E-state index contributed by atoms with van der Waals surface area (Å²) in [5.41, 5.74) is 3.06. The van der Waals surface area contributed by atoms with E-state index in [1.165, 1.54) is 18.2 Å². The van der Waals surface area contributed by atoms with E-state index in [-0.39, 0.29) is 5.91 Å². The molecule has 1 fully saturated rings. The molecule has 1 aromatic carbocycles. The van der Waals surface area contributed by atoms with Crippen LogP contribution in [0.3, 0.4) is 0 Å². The van der Waals surface area contributed by atoms with Crippen LogP contribution < -0.4 is 10.2 Å². The van der Waals surface area contributed by atoms with Crippen molar-refractivity contribution in [2.45, 2.75) is 39.1 Å². The van der Waals surface area contributed by atoms with Gasteiger partial charge in [-0.1, -0.05) is 43.8 Å². The van der Waals surface area contributed by atoms with E-state index in [1.54, 1.807) is 6.33 Å². The van der Waals surface area contributed by atoms with Gasteiger partial charge < -0.3 is 10.2 Å². The van der Waals surface area contributed by atoms with Crippen LogP contribution in [0.5, 0.6) is 0 Å². The fraction of sp³-hybridized carbons (Fsp3) is 0.476. The van der Waals surface area contributed by atoms with Gasteiger partial charge in [-0.2, -0.15) is 0 Å². The molecule has 1 aromatic heterocycles. The third-order valence-corrected chi connectivity index (χ3v) is 5.84. The predicted octanol–water partition coefficient (Wildman–Crippen LogP) is 4.31. The fourth-order valence-corrected chi connectivity index (χ4v) is 4.42. The number of thioether (sulfide) groups is 1. The zero-order chi connectivity index (χ0) is 19.4. The lowest BCUT2D eigenvalue weighted by Crippen LogP contribution is -2.39. The summed E-state index contributed by atoms with van der Waals surface area (Å²) in [5.74, 6) is 2.61. The summed E-state index contributed by atoms with van der Waals surface area (Å²) in [4.78, 5) is 23.5. The first-order chi connectivity index (χ1) is 12.9. The number of amides is 1. The Morgan fingerprint density at radius 3 is 2.52 bits per heavy atom. The molecule has 2 heterocycles. The number of hydrogen-bond donors (Lipinski definition) is 1. The third kappa shape index (κ3) is 5.22. The van der Waals surface area contributed by atoms with Gasteiger partial charge in [-0.3, -0.25) is 4.79 Å². The van der Waals surface area contributed by atoms with Crippen LogP contribution in [-0.2, 0) is 4.79 Å². The number of hydrogen-bond acceptors (Lipinski definition) is 5. The molecule has 1 saturated heterocycles. The minimum atomic E-state index is -0.0159. The molecule has 1 aliphatic heterocycles. The van der Waals surface area contributed by atoms with Crippen LogP contribution >= 0.6 is 11.8 Å². The molecule has 0 spiro atoms. The lowest BCUT2D eigenvalue weighted by Gasteiger charge is -2.35. The molecule has 2 atom stereocenters. The molecule has 27 heavy (non-hydrogen) atoms. The monoisotopic (exact) mass is 384 g/mol. The first-order valence-electron chi connectivity index (χ1n) is 9.48. The number of rotatable bonds is 5. The molecule has 0 saturated carbocycles. The van der Waals surface area contributed by atoms with Crippen LogP contribution in [0.15, 0.2) is 35.6 Å². The predicted molar refractivity (Wildman–Crippen MR) is 112 cm³/mol. The first kappa shape index (κ1) is 19.7. The highest BCUT2D eigenvalue weighted by Gasteiger charge is 2.23. The minimum Gasteiger partial charge on any atom is -0.356 e. The summed E-state index contributed by atoms with van der Waals surface area (Å²) < 4.78 is 0. The van der Waals surface area contributed by atoms with Gasteiger partial charge in [0.2, 0.25) is 5.91 Å². The SMILES string of the molecule is Cc1cccc(C)c1NC(=O)CSc1cc(N2CC(C)CC(C)C2)ncn1. The van der Waals surface area contributed by atoms with Crippen molar-refractivity contribution < 1.29 is 4.79 Å². The smallest absolute Gasteiger partial charge is 0.234 e. The topological polar surface area (TPSA) is 58.1 Å². The minimum absolute atomic E-state index is 0.0159. The normalized spacial score (nSPS) is 19.8. The van der Waals surface area contributed by atoms with E-state index < -0.39 is 0 Å². The standard InChI is InChI=1S/C21H28N4OS/c1-14-8-15(2)11-25(10-14)18-9-20(23-13-22-18)27-12-19(26)24-21-16(3)6-5-7-17(21)4/h5-7,9,13-15H,8,10-12H2,1-4H3,(H,24,26). The van der Waals surface area contributed by atoms with Crippen molar-refractivity contribution in [3.63, 3.8) is 0 Å². The lowest BCUT2D eigenvalue weighted by atomic mass is 9.92. The number of carbonyl (C=O) groups excluding carboxylic acids is 1. The number of benzene rings is 1. The number of carbonyl (C=O) groups is 1. The summed E-state index contributed by atoms with van der Waals surface area (Å²) in [5, 5.41) is 3.86. The molecule has 0 bridgehead atoms. The molecule has 1 aliphatic rings. The summed E-state index contributed by atoms with van der Waals surface area (Å²) in [6, 6.07) is 8.02. The van der Waals surface area contributed by atoms with Crippen LogP contribution in [0.2, 0.25) is 0 Å². The molecule has 5 nitrogen and oxygen atoms in total. The Hall–Kier alpha value is -2.08. The third-order valence-electron chi connectivity index (χ3n) is 4.92. The maximum atomic E-state index is 12.4. The Balaban J connectivity index is 1.60. The Labute approximate surface area is 166 Å². The van der Waals surface area contributed by atoms with Gasteiger partial charge in [0.05, 0.1) is 5.75 Å². The maximum Gasteiger partial charge on any atom is 0.234 e. The zero-order valence-electron chi connectivity index (χ0n) is 16.5. The number of nitrogens with zero attached hydrogens (tertiary/aromatic N) is 3. The number of anilines is 2. The van der Waals surface area contributed by atoms with Gasteiger partial charge in [0.1, 0.15) is 17.2 Å². The van der Waals surface area contributed by atoms with Crippen LogP contribution in [0.25, 0.3) is 0 Å². The van der Waals surface area contributed by atoms with E-state index in [4.69, 9.17) is 0 Å². The van der Waals surface area contributed by atoms with Crippen LogP contribution in [0.1, 0.15) is 31.4 Å². The molecule has 1 N–H and O–H groups in total. The van der Waals surface area contributed by atoms with Crippen LogP contribution in [-0.4, -0.2) is 34.7 Å². The highest BCUT2D eigenvalue weighted by molar-refractivity contribution is 7.99. The molecule has 2 unspecified atom stereocenters. The molecule has 3 rings (SSSR count). The fourth-order valence-electron chi connectivity index (χ4n) is 3.76. The molecular weight excluding hydrogens is 356 g/mol. The van der Waals surface area contributed by atoms with Gasteiger partial charge in [0.25, 0.3) is 0 Å². The summed E-state index contributed by atoms with van der Waals surface area (Å²) in [6.07, 6.45) is 2.87. The Morgan fingerprint density at radius 2 is 1.85 bits per heavy atom. The second-order valence-electron chi connectivity index (χ2n) is 7.67. The van der Waals surface area contributed by atoms with Crippen molar-refractivity contribution in [2.75, 3.05) is 29.1 Å². The van der Waals surface area contributed by atoms with Crippen molar-refractivity contribution >= 4 is 29.2 Å². The van der Waals surface area contributed by atoms with Gasteiger partial charge >= 0.3 is 0 Å². The summed E-state index contributed by atoms with van der Waals surface area (Å²) in [6.45, 7) is 10.6. The van der Waals surface area contributed by atoms with E-state index in [9.17, 15) is 4.79 Å². The van der Waals surface area contributed by atoms with Crippen molar-refractivity contribution in [1.82, 2.24) is 9.97 Å². The molecule has 0 aliphatic carbocycles. The first-order valence-corrected chi connectivity index (χ1v) is 10.5. The number of para-hydroxylation sites is 1. The largest absolute Gasteiger partial charge is 0.356 e. The van der Waals surface area contributed by atoms with Gasteiger partial charge in [-0.05, 0) is 43.2 Å². The van der Waals surface area contributed by atoms with E-state index >= 15 is 0 Å². The summed E-state index contributed by atoms with van der Waals surface area (Å²) >= 11 is 1.45. The molecule has 2 aromatic rings. The lowest BCUT2D eigenvalue weighted by molar-refractivity contribution is -0.113. The zero-order valence-corrected chi connectivity index (χ0v) is 17.3. The highest BCUT2D eigenvalue weighted by atomic mass is 32.2. The van der Waals surface area contributed by atoms with E-state index in [0.29, 0.717) is 17.6 Å².